The number of ether oxygens (including phenoxy) is 1. The van der Waals surface area contributed by atoms with Gasteiger partial charge in [0.25, 0.3) is 0 Å². The van der Waals surface area contributed by atoms with Gasteiger partial charge < -0.3 is 4.74 Å². The van der Waals surface area contributed by atoms with Crippen LogP contribution < -0.4 is 4.74 Å². The summed E-state index contributed by atoms with van der Waals surface area (Å²) in [5.41, 5.74) is 0.950. The average Bonchev–Trinajstić information content (AvgIpc) is 2.71. The number of hydrogen-bond donors (Lipinski definition) is 0. The monoisotopic (exact) mass is 382 g/mol. The first-order valence-corrected chi connectivity index (χ1v) is 8.58. The van der Waals surface area contributed by atoms with Crippen LogP contribution in [0.4, 0.5) is 13.2 Å². The first-order valence-electron chi connectivity index (χ1n) is 8.58. The molecule has 0 aliphatic rings. The van der Waals surface area contributed by atoms with Crippen LogP contribution in [-0.4, -0.2) is 5.78 Å². The fourth-order valence-corrected chi connectivity index (χ4v) is 2.53. The molecule has 0 spiro atoms. The summed E-state index contributed by atoms with van der Waals surface area (Å²) in [6.45, 7) is 0.448. The highest BCUT2D eigenvalue weighted by Crippen LogP contribution is 2.29. The Bertz CT molecular complexity index is 959. The van der Waals surface area contributed by atoms with Gasteiger partial charge in [0.1, 0.15) is 12.4 Å². The summed E-state index contributed by atoms with van der Waals surface area (Å²) >= 11 is 0. The van der Waals surface area contributed by atoms with Crippen LogP contribution in [0.5, 0.6) is 5.75 Å². The highest BCUT2D eigenvalue weighted by Gasteiger charge is 2.30. The van der Waals surface area contributed by atoms with Crippen molar-refractivity contribution in [3.8, 4) is 5.75 Å². The van der Waals surface area contributed by atoms with Crippen molar-refractivity contribution in [1.82, 2.24) is 0 Å². The molecule has 0 radical (unpaired) electrons. The molecular formula is C23H17F3O2. The number of rotatable bonds is 6. The molecule has 2 nitrogen and oxygen atoms in total. The molecule has 3 aromatic carbocycles. The summed E-state index contributed by atoms with van der Waals surface area (Å²) in [7, 11) is 0. The third-order valence-corrected chi connectivity index (χ3v) is 4.03. The van der Waals surface area contributed by atoms with Crippen LogP contribution in [0.3, 0.4) is 0 Å². The normalized spacial score (nSPS) is 11.5. The molecule has 0 heterocycles. The molecule has 0 aromatic heterocycles. The number of alkyl halides is 3. The Kier molecular flexibility index (Phi) is 5.94. The summed E-state index contributed by atoms with van der Waals surface area (Å²) in [4.78, 5) is 12.1. The largest absolute Gasteiger partial charge is 0.489 e. The highest BCUT2D eigenvalue weighted by atomic mass is 19.4. The van der Waals surface area contributed by atoms with Crippen LogP contribution in [0.1, 0.15) is 27.0 Å². The Morgan fingerprint density at radius 2 is 1.61 bits per heavy atom. The number of ketones is 1. The second-order valence-corrected chi connectivity index (χ2v) is 6.12. The van der Waals surface area contributed by atoms with Gasteiger partial charge in [-0.25, -0.2) is 0 Å². The second-order valence-electron chi connectivity index (χ2n) is 6.12. The Labute approximate surface area is 160 Å². The van der Waals surface area contributed by atoms with Crippen molar-refractivity contribution in [3.63, 3.8) is 0 Å². The van der Waals surface area contributed by atoms with E-state index >= 15 is 0 Å². The number of carbonyl (C=O) groups is 1. The maximum atomic E-state index is 12.7. The summed E-state index contributed by atoms with van der Waals surface area (Å²) in [5.74, 6) is 0.195. The third-order valence-electron chi connectivity index (χ3n) is 4.03. The molecule has 3 aromatic rings. The predicted molar refractivity (Wildman–Crippen MR) is 102 cm³/mol. The van der Waals surface area contributed by atoms with Gasteiger partial charge >= 0.3 is 6.18 Å². The first kappa shape index (κ1) is 19.4. The van der Waals surface area contributed by atoms with Crippen LogP contribution in [0.2, 0.25) is 0 Å². The molecule has 0 saturated heterocycles. The Morgan fingerprint density at radius 1 is 0.893 bits per heavy atom. The fraction of sp³-hybridized carbons (Fsp3) is 0.0870. The van der Waals surface area contributed by atoms with Crippen LogP contribution in [0.15, 0.2) is 84.9 Å². The van der Waals surface area contributed by atoms with E-state index in [1.165, 1.54) is 18.2 Å². The predicted octanol–water partition coefficient (Wildman–Crippen LogP) is 6.18. The molecule has 0 unspecified atom stereocenters. The first-order chi connectivity index (χ1) is 13.4. The van der Waals surface area contributed by atoms with Gasteiger partial charge in [-0.15, -0.1) is 0 Å². The van der Waals surface area contributed by atoms with Crippen molar-refractivity contribution in [2.45, 2.75) is 12.8 Å². The average molecular weight is 382 g/mol. The van der Waals surface area contributed by atoms with Gasteiger partial charge in [0, 0.05) is 5.56 Å². The lowest BCUT2D eigenvalue weighted by Crippen LogP contribution is -2.06. The Hall–Kier alpha value is -3.34. The molecule has 142 valence electrons. The zero-order chi connectivity index (χ0) is 20.0. The molecule has 0 bridgehead atoms. The molecule has 0 fully saturated rings. The Balaban J connectivity index is 1.62. The molecule has 3 rings (SSSR count). The number of halogens is 3. The van der Waals surface area contributed by atoms with Crippen molar-refractivity contribution in [2.24, 2.45) is 0 Å². The maximum absolute atomic E-state index is 12.7. The molecule has 5 heteroatoms. The third kappa shape index (κ3) is 5.33. The van der Waals surface area contributed by atoms with Crippen molar-refractivity contribution >= 4 is 11.9 Å². The zero-order valence-electron chi connectivity index (χ0n) is 14.8. The van der Waals surface area contributed by atoms with Gasteiger partial charge in [-0.2, -0.15) is 13.2 Å². The molecular weight excluding hydrogens is 365 g/mol. The van der Waals surface area contributed by atoms with E-state index in [1.54, 1.807) is 30.3 Å². The lowest BCUT2D eigenvalue weighted by Gasteiger charge is -2.07. The van der Waals surface area contributed by atoms with Gasteiger partial charge in [-0.05, 0) is 41.5 Å². The van der Waals surface area contributed by atoms with Gasteiger partial charge in [0.2, 0.25) is 0 Å². The minimum Gasteiger partial charge on any atom is -0.489 e. The van der Waals surface area contributed by atoms with E-state index in [0.717, 1.165) is 23.3 Å². The van der Waals surface area contributed by atoms with Crippen molar-refractivity contribution in [2.75, 3.05) is 0 Å². The SMILES string of the molecule is O=C(C=Cc1ccc(OCc2ccccc2)cc1)c1cccc(C(F)(F)F)c1. The van der Waals surface area contributed by atoms with E-state index in [4.69, 9.17) is 4.74 Å². The van der Waals surface area contributed by atoms with Crippen LogP contribution >= 0.6 is 0 Å². The molecule has 0 aliphatic carbocycles. The van der Waals surface area contributed by atoms with E-state index in [0.29, 0.717) is 12.4 Å². The lowest BCUT2D eigenvalue weighted by molar-refractivity contribution is -0.137. The number of allylic oxidation sites excluding steroid dienone is 1. The Morgan fingerprint density at radius 3 is 2.29 bits per heavy atom. The molecule has 0 amide bonds. The number of hydrogen-bond acceptors (Lipinski definition) is 2. The number of carbonyl (C=O) groups excluding carboxylic acids is 1. The summed E-state index contributed by atoms with van der Waals surface area (Å²) in [6, 6.07) is 21.2. The summed E-state index contributed by atoms with van der Waals surface area (Å²) in [5, 5.41) is 0. The quantitative estimate of drug-likeness (QED) is 0.376. The van der Waals surface area contributed by atoms with Crippen molar-refractivity contribution < 1.29 is 22.7 Å². The molecule has 28 heavy (non-hydrogen) atoms. The van der Waals surface area contributed by atoms with E-state index < -0.39 is 17.5 Å². The van der Waals surface area contributed by atoms with Crippen molar-refractivity contribution in [3.05, 3.63) is 107 Å². The smallest absolute Gasteiger partial charge is 0.416 e. The molecule has 0 aliphatic heterocycles. The van der Waals surface area contributed by atoms with Gasteiger partial charge in [0.15, 0.2) is 5.78 Å². The van der Waals surface area contributed by atoms with Gasteiger partial charge in [0.05, 0.1) is 5.56 Å². The maximum Gasteiger partial charge on any atom is 0.416 e. The minimum atomic E-state index is -4.48. The van der Waals surface area contributed by atoms with Crippen LogP contribution in [0, 0.1) is 0 Å². The van der Waals surface area contributed by atoms with Crippen LogP contribution in [-0.2, 0) is 12.8 Å². The lowest BCUT2D eigenvalue weighted by atomic mass is 10.1. The molecule has 0 saturated carbocycles. The highest BCUT2D eigenvalue weighted by molar-refractivity contribution is 6.06. The van der Waals surface area contributed by atoms with E-state index in [9.17, 15) is 18.0 Å². The van der Waals surface area contributed by atoms with Crippen molar-refractivity contribution in [1.29, 1.82) is 0 Å². The van der Waals surface area contributed by atoms with E-state index in [2.05, 4.69) is 0 Å². The summed E-state index contributed by atoms with van der Waals surface area (Å²) < 4.78 is 43.9. The van der Waals surface area contributed by atoms with Gasteiger partial charge in [-0.1, -0.05) is 60.7 Å². The summed E-state index contributed by atoms with van der Waals surface area (Å²) in [6.07, 6.45) is -1.66. The minimum absolute atomic E-state index is 0.00566. The molecule has 0 N–H and O–H groups in total. The van der Waals surface area contributed by atoms with Gasteiger partial charge in [-0.3, -0.25) is 4.79 Å². The van der Waals surface area contributed by atoms with Crippen LogP contribution in [0.25, 0.3) is 6.08 Å². The van der Waals surface area contributed by atoms with E-state index in [1.807, 2.05) is 30.3 Å². The van der Waals surface area contributed by atoms with E-state index in [-0.39, 0.29) is 5.56 Å². The second kappa shape index (κ2) is 8.57. The zero-order valence-corrected chi connectivity index (χ0v) is 14.8. The number of benzene rings is 3. The molecule has 0 atom stereocenters. The standard InChI is InChI=1S/C23H17F3O2/c24-23(25,26)20-8-4-7-19(15-20)22(27)14-11-17-9-12-21(13-10-17)28-16-18-5-2-1-3-6-18/h1-15H,16H2. The fourth-order valence-electron chi connectivity index (χ4n) is 2.53. The topological polar surface area (TPSA) is 26.3 Å².